The second-order valence-corrected chi connectivity index (χ2v) is 8.21. The summed E-state index contributed by atoms with van der Waals surface area (Å²) in [6.07, 6.45) is 5.35. The zero-order chi connectivity index (χ0) is 20.0. The van der Waals surface area contributed by atoms with Crippen molar-refractivity contribution in [3.63, 3.8) is 0 Å². The molecular weight excluding hydrogens is 390 g/mol. The summed E-state index contributed by atoms with van der Waals surface area (Å²) >= 11 is 6.21. The van der Waals surface area contributed by atoms with Crippen molar-refractivity contribution in [2.24, 2.45) is 0 Å². The van der Waals surface area contributed by atoms with Crippen LogP contribution < -0.4 is 0 Å². The lowest BCUT2D eigenvalue weighted by Crippen LogP contribution is -2.28. The lowest BCUT2D eigenvalue weighted by Gasteiger charge is -2.22. The van der Waals surface area contributed by atoms with Gasteiger partial charge >= 0.3 is 0 Å². The largest absolute Gasteiger partial charge is 0.372 e. The number of imidazole rings is 1. The molecule has 0 radical (unpaired) electrons. The van der Waals surface area contributed by atoms with Gasteiger partial charge in [-0.2, -0.15) is 0 Å². The van der Waals surface area contributed by atoms with Crippen molar-refractivity contribution >= 4 is 22.6 Å². The maximum Gasteiger partial charge on any atom is 0.164 e. The van der Waals surface area contributed by atoms with Gasteiger partial charge < -0.3 is 18.8 Å². The van der Waals surface area contributed by atoms with Crippen LogP contribution in [0.5, 0.6) is 0 Å². The number of nitrogens with zero attached hydrogens (tertiary/aromatic N) is 3. The number of ether oxygens (including phenoxy) is 3. The maximum absolute atomic E-state index is 6.26. The van der Waals surface area contributed by atoms with Crippen LogP contribution in [0.3, 0.4) is 0 Å². The van der Waals surface area contributed by atoms with Gasteiger partial charge in [0, 0.05) is 6.20 Å². The Kier molecular flexibility index (Phi) is 4.67. The molecule has 1 fully saturated rings. The van der Waals surface area contributed by atoms with Crippen molar-refractivity contribution in [3.8, 4) is 0 Å². The molecule has 7 heteroatoms. The first-order chi connectivity index (χ1) is 14.0. The number of pyridine rings is 1. The molecule has 1 aliphatic carbocycles. The van der Waals surface area contributed by atoms with Gasteiger partial charge in [0.15, 0.2) is 10.9 Å². The Labute approximate surface area is 174 Å². The van der Waals surface area contributed by atoms with Gasteiger partial charge in [0.2, 0.25) is 0 Å². The van der Waals surface area contributed by atoms with E-state index in [1.807, 2.05) is 38.1 Å². The Morgan fingerprint density at radius 3 is 2.76 bits per heavy atom. The Hall–Kier alpha value is -2.25. The minimum absolute atomic E-state index is 0.0550. The summed E-state index contributed by atoms with van der Waals surface area (Å²) in [5, 5.41) is 0.398. The SMILES string of the molecule is CC1(C)O[C@@H]2C(COCc3ccccc3)=CC(n3cnc4c(Cl)nccc43)[C@@H]2O1. The summed E-state index contributed by atoms with van der Waals surface area (Å²) < 4.78 is 20.5. The molecule has 3 heterocycles. The van der Waals surface area contributed by atoms with Gasteiger partial charge in [0.1, 0.15) is 17.7 Å². The molecular formula is C22H22ClN3O3. The fourth-order valence-corrected chi connectivity index (χ4v) is 4.33. The van der Waals surface area contributed by atoms with E-state index < -0.39 is 5.79 Å². The first-order valence-electron chi connectivity index (χ1n) is 9.67. The second-order valence-electron chi connectivity index (χ2n) is 7.85. The van der Waals surface area contributed by atoms with Crippen LogP contribution in [-0.4, -0.2) is 39.1 Å². The maximum atomic E-state index is 6.26. The third-order valence-corrected chi connectivity index (χ3v) is 5.64. The average Bonchev–Trinajstić information content (AvgIpc) is 3.35. The minimum atomic E-state index is -0.651. The zero-order valence-electron chi connectivity index (χ0n) is 16.3. The molecule has 1 unspecified atom stereocenters. The summed E-state index contributed by atoms with van der Waals surface area (Å²) in [7, 11) is 0. The minimum Gasteiger partial charge on any atom is -0.372 e. The third kappa shape index (κ3) is 3.46. The Morgan fingerprint density at radius 2 is 1.93 bits per heavy atom. The molecule has 1 aromatic carbocycles. The van der Waals surface area contributed by atoms with Gasteiger partial charge in [-0.1, -0.05) is 48.0 Å². The summed E-state index contributed by atoms with van der Waals surface area (Å²) in [6, 6.07) is 12.0. The molecule has 2 aromatic heterocycles. The van der Waals surface area contributed by atoms with E-state index in [4.69, 9.17) is 25.8 Å². The Balaban J connectivity index is 1.42. The molecule has 0 bridgehead atoms. The van der Waals surface area contributed by atoms with E-state index in [0.29, 0.717) is 23.9 Å². The van der Waals surface area contributed by atoms with Gasteiger partial charge in [-0.15, -0.1) is 0 Å². The van der Waals surface area contributed by atoms with Crippen LogP contribution >= 0.6 is 11.6 Å². The summed E-state index contributed by atoms with van der Waals surface area (Å²) in [5.41, 5.74) is 3.84. The van der Waals surface area contributed by atoms with Crippen LogP contribution in [0.25, 0.3) is 11.0 Å². The lowest BCUT2D eigenvalue weighted by atomic mass is 10.1. The molecule has 0 spiro atoms. The normalized spacial score (nSPS) is 25.3. The van der Waals surface area contributed by atoms with E-state index in [9.17, 15) is 0 Å². The van der Waals surface area contributed by atoms with E-state index in [0.717, 1.165) is 16.7 Å². The third-order valence-electron chi connectivity index (χ3n) is 5.37. The van der Waals surface area contributed by atoms with Crippen molar-refractivity contribution in [1.29, 1.82) is 0 Å². The van der Waals surface area contributed by atoms with Crippen molar-refractivity contribution in [1.82, 2.24) is 14.5 Å². The molecule has 150 valence electrons. The fraction of sp³-hybridized carbons (Fsp3) is 0.364. The van der Waals surface area contributed by atoms with Crippen molar-refractivity contribution in [3.05, 3.63) is 71.3 Å². The predicted molar refractivity (Wildman–Crippen MR) is 110 cm³/mol. The standard InChI is InChI=1S/C22H22ClN3O3/c1-22(2)28-19-15(12-27-11-14-6-4-3-5-7-14)10-17(20(19)29-22)26-13-25-18-16(26)8-9-24-21(18)23/h3-10,13,17,19-20H,11-12H2,1-2H3/t17?,19-,20+/m1/s1. The van der Waals surface area contributed by atoms with E-state index in [-0.39, 0.29) is 18.2 Å². The van der Waals surface area contributed by atoms with Gasteiger partial charge in [0.05, 0.1) is 31.1 Å². The number of rotatable bonds is 5. The summed E-state index contributed by atoms with van der Waals surface area (Å²) in [6.45, 7) is 4.93. The van der Waals surface area contributed by atoms with Crippen LogP contribution in [0, 0.1) is 0 Å². The highest BCUT2D eigenvalue weighted by Crippen LogP contribution is 2.44. The van der Waals surface area contributed by atoms with Crippen LogP contribution in [-0.2, 0) is 20.8 Å². The van der Waals surface area contributed by atoms with Crippen LogP contribution in [0.2, 0.25) is 5.15 Å². The van der Waals surface area contributed by atoms with Crippen LogP contribution in [0.1, 0.15) is 25.5 Å². The first kappa shape index (κ1) is 18.8. The molecule has 5 rings (SSSR count). The van der Waals surface area contributed by atoms with Gasteiger partial charge in [-0.3, -0.25) is 0 Å². The number of aromatic nitrogens is 3. The summed E-state index contributed by atoms with van der Waals surface area (Å²) in [5.74, 6) is -0.651. The first-order valence-corrected chi connectivity index (χ1v) is 10.0. The molecule has 0 N–H and O–H groups in total. The van der Waals surface area contributed by atoms with Crippen molar-refractivity contribution < 1.29 is 14.2 Å². The molecule has 29 heavy (non-hydrogen) atoms. The molecule has 0 amide bonds. The highest BCUT2D eigenvalue weighted by Gasteiger charge is 2.50. The number of hydrogen-bond donors (Lipinski definition) is 0. The molecule has 1 saturated heterocycles. The van der Waals surface area contributed by atoms with E-state index in [2.05, 4.69) is 32.7 Å². The number of halogens is 1. The Morgan fingerprint density at radius 1 is 1.10 bits per heavy atom. The Bertz CT molecular complexity index is 1060. The van der Waals surface area contributed by atoms with Gasteiger partial charge in [-0.05, 0) is 31.1 Å². The molecule has 3 atom stereocenters. The molecule has 6 nitrogen and oxygen atoms in total. The van der Waals surface area contributed by atoms with E-state index in [1.165, 1.54) is 0 Å². The molecule has 3 aromatic rings. The summed E-state index contributed by atoms with van der Waals surface area (Å²) in [4.78, 5) is 8.57. The predicted octanol–water partition coefficient (Wildman–Crippen LogP) is 4.30. The second kappa shape index (κ2) is 7.22. The highest BCUT2D eigenvalue weighted by atomic mass is 35.5. The van der Waals surface area contributed by atoms with E-state index >= 15 is 0 Å². The number of hydrogen-bond acceptors (Lipinski definition) is 5. The van der Waals surface area contributed by atoms with Crippen molar-refractivity contribution in [2.75, 3.05) is 6.61 Å². The monoisotopic (exact) mass is 411 g/mol. The fourth-order valence-electron chi connectivity index (χ4n) is 4.13. The van der Waals surface area contributed by atoms with Crippen molar-refractivity contribution in [2.45, 2.75) is 44.5 Å². The van der Waals surface area contributed by atoms with Crippen LogP contribution in [0.4, 0.5) is 0 Å². The number of fused-ring (bicyclic) bond motifs is 2. The van der Waals surface area contributed by atoms with Gasteiger partial charge in [0.25, 0.3) is 0 Å². The highest BCUT2D eigenvalue weighted by molar-refractivity contribution is 6.33. The van der Waals surface area contributed by atoms with Gasteiger partial charge in [-0.25, -0.2) is 9.97 Å². The smallest absolute Gasteiger partial charge is 0.164 e. The lowest BCUT2D eigenvalue weighted by molar-refractivity contribution is -0.148. The topological polar surface area (TPSA) is 58.4 Å². The number of benzene rings is 1. The zero-order valence-corrected chi connectivity index (χ0v) is 17.0. The molecule has 0 saturated carbocycles. The quantitative estimate of drug-likeness (QED) is 0.462. The van der Waals surface area contributed by atoms with E-state index in [1.54, 1.807) is 12.5 Å². The molecule has 1 aliphatic heterocycles. The van der Waals surface area contributed by atoms with Crippen LogP contribution in [0.15, 0.2) is 60.6 Å². The average molecular weight is 412 g/mol. The molecule has 2 aliphatic rings.